The SMILES string of the molecule is COC(=O)c1nc(-c2ccc(Cl)c(OC)c2F)nc(N(C)c2ccc(C)o2)c1Cl. The minimum Gasteiger partial charge on any atom is -0.492 e. The monoisotopic (exact) mass is 439 g/mol. The summed E-state index contributed by atoms with van der Waals surface area (Å²) in [4.78, 5) is 22.2. The third-order valence-electron chi connectivity index (χ3n) is 4.08. The Hall–Kier alpha value is -2.84. The maximum atomic E-state index is 14.9. The number of furan rings is 1. The number of rotatable bonds is 5. The second kappa shape index (κ2) is 8.26. The quantitative estimate of drug-likeness (QED) is 0.514. The highest BCUT2D eigenvalue weighted by atomic mass is 35.5. The Kier molecular flexibility index (Phi) is 5.95. The van der Waals surface area contributed by atoms with Crippen molar-refractivity contribution < 1.29 is 23.1 Å². The van der Waals surface area contributed by atoms with Crippen molar-refractivity contribution in [1.82, 2.24) is 9.97 Å². The van der Waals surface area contributed by atoms with Crippen molar-refractivity contribution in [3.63, 3.8) is 0 Å². The van der Waals surface area contributed by atoms with Crippen LogP contribution in [0.1, 0.15) is 16.2 Å². The van der Waals surface area contributed by atoms with Gasteiger partial charge in [-0.25, -0.2) is 19.2 Å². The lowest BCUT2D eigenvalue weighted by atomic mass is 10.1. The smallest absolute Gasteiger partial charge is 0.358 e. The van der Waals surface area contributed by atoms with Gasteiger partial charge in [-0.2, -0.15) is 0 Å². The molecule has 152 valence electrons. The first-order chi connectivity index (χ1) is 13.8. The third kappa shape index (κ3) is 3.86. The molecule has 0 spiro atoms. The van der Waals surface area contributed by atoms with E-state index in [-0.39, 0.29) is 38.7 Å². The minimum atomic E-state index is -0.801. The average molecular weight is 440 g/mol. The topological polar surface area (TPSA) is 77.7 Å². The standard InChI is InChI=1S/C19H16Cl2FN3O4/c1-9-5-8-12(29-9)25(2)18-13(21)15(19(26)28-4)23-17(24-18)10-6-7-11(20)16(27-3)14(10)22/h5-8H,1-4H3. The van der Waals surface area contributed by atoms with Crippen LogP contribution in [0.5, 0.6) is 5.75 Å². The molecule has 0 fully saturated rings. The Morgan fingerprint density at radius 2 is 1.90 bits per heavy atom. The van der Waals surface area contributed by atoms with Gasteiger partial charge >= 0.3 is 5.97 Å². The zero-order chi connectivity index (χ0) is 21.3. The molecular formula is C19H16Cl2FN3O4. The third-order valence-corrected chi connectivity index (χ3v) is 4.73. The number of esters is 1. The number of anilines is 2. The van der Waals surface area contributed by atoms with Crippen LogP contribution in [0, 0.1) is 12.7 Å². The van der Waals surface area contributed by atoms with Gasteiger partial charge in [0, 0.05) is 13.1 Å². The summed E-state index contributed by atoms with van der Waals surface area (Å²) in [6.07, 6.45) is 0. The molecule has 0 amide bonds. The second-order valence-corrected chi connectivity index (χ2v) is 6.70. The van der Waals surface area contributed by atoms with Crippen molar-refractivity contribution in [3.8, 4) is 17.1 Å². The lowest BCUT2D eigenvalue weighted by molar-refractivity contribution is 0.0594. The number of carbonyl (C=O) groups excluding carboxylic acids is 1. The number of benzene rings is 1. The highest BCUT2D eigenvalue weighted by Crippen LogP contribution is 2.37. The minimum absolute atomic E-state index is 0.0293. The van der Waals surface area contributed by atoms with Gasteiger partial charge in [0.25, 0.3) is 0 Å². The zero-order valence-electron chi connectivity index (χ0n) is 15.9. The molecule has 2 heterocycles. The molecule has 7 nitrogen and oxygen atoms in total. The van der Waals surface area contributed by atoms with Gasteiger partial charge < -0.3 is 13.9 Å². The van der Waals surface area contributed by atoms with Crippen molar-refractivity contribution in [1.29, 1.82) is 0 Å². The van der Waals surface area contributed by atoms with E-state index in [2.05, 4.69) is 9.97 Å². The van der Waals surface area contributed by atoms with Crippen LogP contribution in [0.3, 0.4) is 0 Å². The zero-order valence-corrected chi connectivity index (χ0v) is 17.4. The van der Waals surface area contributed by atoms with Gasteiger partial charge in [-0.15, -0.1) is 0 Å². The molecule has 0 unspecified atom stereocenters. The van der Waals surface area contributed by atoms with Gasteiger partial charge in [-0.3, -0.25) is 4.90 Å². The summed E-state index contributed by atoms with van der Waals surface area (Å²) in [7, 11) is 4.11. The molecular weight excluding hydrogens is 424 g/mol. The number of nitrogens with zero attached hydrogens (tertiary/aromatic N) is 3. The predicted octanol–water partition coefficient (Wildman–Crippen LogP) is 5.05. The summed E-state index contributed by atoms with van der Waals surface area (Å²) < 4.78 is 30.3. The summed E-state index contributed by atoms with van der Waals surface area (Å²) in [6.45, 7) is 1.78. The molecule has 1 aromatic carbocycles. The normalized spacial score (nSPS) is 10.7. The molecule has 0 radical (unpaired) electrons. The van der Waals surface area contributed by atoms with E-state index in [9.17, 15) is 9.18 Å². The molecule has 0 bridgehead atoms. The van der Waals surface area contributed by atoms with Gasteiger partial charge in [0.15, 0.2) is 28.9 Å². The van der Waals surface area contributed by atoms with Crippen LogP contribution < -0.4 is 9.64 Å². The molecule has 0 saturated heterocycles. The van der Waals surface area contributed by atoms with Crippen molar-refractivity contribution in [2.45, 2.75) is 6.92 Å². The highest BCUT2D eigenvalue weighted by Gasteiger charge is 2.26. The Bertz CT molecular complexity index is 1090. The van der Waals surface area contributed by atoms with Gasteiger partial charge in [0.1, 0.15) is 10.8 Å². The number of aromatic nitrogens is 2. The fourth-order valence-corrected chi connectivity index (χ4v) is 3.12. The Labute approximate surface area is 176 Å². The first-order valence-corrected chi connectivity index (χ1v) is 9.02. The van der Waals surface area contributed by atoms with Crippen LogP contribution in [-0.4, -0.2) is 37.2 Å². The van der Waals surface area contributed by atoms with E-state index in [1.807, 2.05) is 0 Å². The van der Waals surface area contributed by atoms with E-state index in [4.69, 9.17) is 37.1 Å². The molecule has 3 rings (SSSR count). The second-order valence-electron chi connectivity index (χ2n) is 5.91. The molecule has 2 aromatic heterocycles. The lowest BCUT2D eigenvalue weighted by Crippen LogP contribution is -2.16. The maximum Gasteiger partial charge on any atom is 0.358 e. The van der Waals surface area contributed by atoms with E-state index < -0.39 is 11.8 Å². The summed E-state index contributed by atoms with van der Waals surface area (Å²) in [5, 5.41) is 0.0118. The van der Waals surface area contributed by atoms with Crippen LogP contribution >= 0.6 is 23.2 Å². The highest BCUT2D eigenvalue weighted by molar-refractivity contribution is 6.35. The molecule has 0 aliphatic carbocycles. The average Bonchev–Trinajstić information content (AvgIpc) is 3.14. The fourth-order valence-electron chi connectivity index (χ4n) is 2.61. The summed E-state index contributed by atoms with van der Waals surface area (Å²) in [5.41, 5.74) is -0.254. The van der Waals surface area contributed by atoms with Crippen LogP contribution in [0.4, 0.5) is 16.1 Å². The number of ether oxygens (including phenoxy) is 2. The maximum absolute atomic E-state index is 14.9. The largest absolute Gasteiger partial charge is 0.492 e. The van der Waals surface area contributed by atoms with Gasteiger partial charge in [0.2, 0.25) is 5.88 Å². The number of aryl methyl sites for hydroxylation is 1. The van der Waals surface area contributed by atoms with Crippen molar-refractivity contribution in [3.05, 3.63) is 51.6 Å². The first-order valence-electron chi connectivity index (χ1n) is 8.26. The molecule has 3 aromatic rings. The Morgan fingerprint density at radius 1 is 1.17 bits per heavy atom. The Balaban J connectivity index is 2.25. The molecule has 29 heavy (non-hydrogen) atoms. The molecule has 0 aliphatic rings. The molecule has 0 aliphatic heterocycles. The molecule has 0 atom stereocenters. The number of hydrogen-bond donors (Lipinski definition) is 0. The predicted molar refractivity (Wildman–Crippen MR) is 107 cm³/mol. The molecule has 0 saturated carbocycles. The Morgan fingerprint density at radius 3 is 2.48 bits per heavy atom. The van der Waals surface area contributed by atoms with Crippen molar-refractivity contribution in [2.24, 2.45) is 0 Å². The van der Waals surface area contributed by atoms with Gasteiger partial charge in [0.05, 0.1) is 24.8 Å². The summed E-state index contributed by atoms with van der Waals surface area (Å²) in [5.74, 6) is -0.644. The van der Waals surface area contributed by atoms with E-state index >= 15 is 0 Å². The van der Waals surface area contributed by atoms with E-state index in [0.717, 1.165) is 0 Å². The van der Waals surface area contributed by atoms with E-state index in [1.54, 1.807) is 26.1 Å². The first kappa shape index (κ1) is 20.9. The van der Waals surface area contributed by atoms with E-state index in [0.29, 0.717) is 11.6 Å². The number of halogens is 3. The number of methoxy groups -OCH3 is 2. The van der Waals surface area contributed by atoms with Crippen LogP contribution in [0.2, 0.25) is 10.0 Å². The lowest BCUT2D eigenvalue weighted by Gasteiger charge is -2.19. The van der Waals surface area contributed by atoms with Crippen molar-refractivity contribution >= 4 is 40.9 Å². The van der Waals surface area contributed by atoms with Crippen LogP contribution in [0.25, 0.3) is 11.4 Å². The van der Waals surface area contributed by atoms with Gasteiger partial charge in [-0.1, -0.05) is 23.2 Å². The summed E-state index contributed by atoms with van der Waals surface area (Å²) >= 11 is 12.3. The number of carbonyl (C=O) groups is 1. The van der Waals surface area contributed by atoms with E-state index in [1.165, 1.54) is 31.3 Å². The number of hydrogen-bond acceptors (Lipinski definition) is 7. The fraction of sp³-hybridized carbons (Fsp3) is 0.211. The van der Waals surface area contributed by atoms with Crippen molar-refractivity contribution in [2.75, 3.05) is 26.2 Å². The van der Waals surface area contributed by atoms with Crippen LogP contribution in [0.15, 0.2) is 28.7 Å². The van der Waals surface area contributed by atoms with Gasteiger partial charge in [-0.05, 0) is 25.1 Å². The molecule has 0 N–H and O–H groups in total. The summed E-state index contributed by atoms with van der Waals surface area (Å²) in [6, 6.07) is 6.28. The van der Waals surface area contributed by atoms with Crippen LogP contribution in [-0.2, 0) is 4.74 Å². The molecule has 10 heteroatoms.